The third-order valence-corrected chi connectivity index (χ3v) is 2.80. The number of rotatable bonds is 3. The topological polar surface area (TPSA) is 46.5 Å². The number of methoxy groups -OCH3 is 1. The van der Waals surface area contributed by atoms with Crippen molar-refractivity contribution in [2.45, 2.75) is 6.92 Å². The molecule has 0 aliphatic rings. The first kappa shape index (κ1) is 13.1. The Balaban J connectivity index is 2.64. The number of hydrogen-bond donors (Lipinski definition) is 1. The van der Waals surface area contributed by atoms with Gasteiger partial charge in [-0.25, -0.2) is 9.18 Å². The molecule has 0 heterocycles. The Morgan fingerprint density at radius 1 is 1.21 bits per heavy atom. The molecule has 0 atom stereocenters. The number of aryl methyl sites for hydroxylation is 1. The minimum Gasteiger partial charge on any atom is -0.496 e. The fraction of sp³-hybridized carbons (Fsp3) is 0.133. The maximum absolute atomic E-state index is 13.5. The van der Waals surface area contributed by atoms with E-state index in [-0.39, 0.29) is 11.4 Å². The number of carboxylic acid groups (broad SMARTS) is 1. The van der Waals surface area contributed by atoms with Gasteiger partial charge in [-0.15, -0.1) is 0 Å². The number of carbonyl (C=O) groups is 1. The van der Waals surface area contributed by atoms with Gasteiger partial charge in [0.2, 0.25) is 0 Å². The molecule has 19 heavy (non-hydrogen) atoms. The SMILES string of the molecule is COc1ccc(C(=O)O)cc1-c1cc(C)cc(F)c1. The van der Waals surface area contributed by atoms with Crippen LogP contribution in [-0.2, 0) is 0 Å². The van der Waals surface area contributed by atoms with Gasteiger partial charge in [0.1, 0.15) is 11.6 Å². The van der Waals surface area contributed by atoms with Crippen molar-refractivity contribution < 1.29 is 19.0 Å². The van der Waals surface area contributed by atoms with Gasteiger partial charge >= 0.3 is 5.97 Å². The van der Waals surface area contributed by atoms with Crippen LogP contribution in [0.4, 0.5) is 4.39 Å². The summed E-state index contributed by atoms with van der Waals surface area (Å²) in [5.41, 5.74) is 2.05. The second-order valence-electron chi connectivity index (χ2n) is 4.24. The fourth-order valence-corrected chi connectivity index (χ4v) is 1.96. The van der Waals surface area contributed by atoms with Crippen molar-refractivity contribution in [2.75, 3.05) is 7.11 Å². The summed E-state index contributed by atoms with van der Waals surface area (Å²) < 4.78 is 18.7. The molecule has 0 saturated carbocycles. The summed E-state index contributed by atoms with van der Waals surface area (Å²) in [4.78, 5) is 11.0. The molecule has 1 N–H and O–H groups in total. The van der Waals surface area contributed by atoms with E-state index in [1.165, 1.54) is 31.4 Å². The monoisotopic (exact) mass is 260 g/mol. The third-order valence-electron chi connectivity index (χ3n) is 2.80. The van der Waals surface area contributed by atoms with Crippen molar-refractivity contribution in [2.24, 2.45) is 0 Å². The highest BCUT2D eigenvalue weighted by Gasteiger charge is 2.11. The average molecular weight is 260 g/mol. The van der Waals surface area contributed by atoms with Crippen molar-refractivity contribution in [3.05, 3.63) is 53.3 Å². The van der Waals surface area contributed by atoms with E-state index in [2.05, 4.69) is 0 Å². The van der Waals surface area contributed by atoms with Crippen molar-refractivity contribution in [1.29, 1.82) is 0 Å². The van der Waals surface area contributed by atoms with Crippen LogP contribution >= 0.6 is 0 Å². The Kier molecular flexibility index (Phi) is 3.51. The number of hydrogen-bond acceptors (Lipinski definition) is 2. The summed E-state index contributed by atoms with van der Waals surface area (Å²) in [5.74, 6) is -0.884. The molecule has 4 heteroatoms. The predicted molar refractivity (Wildman–Crippen MR) is 70.1 cm³/mol. The fourth-order valence-electron chi connectivity index (χ4n) is 1.96. The van der Waals surface area contributed by atoms with Gasteiger partial charge < -0.3 is 9.84 Å². The molecule has 3 nitrogen and oxygen atoms in total. The zero-order chi connectivity index (χ0) is 14.0. The van der Waals surface area contributed by atoms with Crippen LogP contribution in [-0.4, -0.2) is 18.2 Å². The highest BCUT2D eigenvalue weighted by atomic mass is 19.1. The largest absolute Gasteiger partial charge is 0.496 e. The summed E-state index contributed by atoms with van der Waals surface area (Å²) in [6.45, 7) is 1.78. The molecular weight excluding hydrogens is 247 g/mol. The molecule has 0 saturated heterocycles. The lowest BCUT2D eigenvalue weighted by molar-refractivity contribution is 0.0697. The Bertz CT molecular complexity index is 615. The smallest absolute Gasteiger partial charge is 0.335 e. The van der Waals surface area contributed by atoms with Crippen LogP contribution in [0.15, 0.2) is 36.4 Å². The molecule has 2 aromatic rings. The lowest BCUT2D eigenvalue weighted by Crippen LogP contribution is -1.98. The lowest BCUT2D eigenvalue weighted by Gasteiger charge is -2.10. The number of halogens is 1. The van der Waals surface area contributed by atoms with E-state index in [0.717, 1.165) is 5.56 Å². The molecular formula is C15H13FO3. The van der Waals surface area contributed by atoms with E-state index >= 15 is 0 Å². The van der Waals surface area contributed by atoms with Gasteiger partial charge in [-0.2, -0.15) is 0 Å². The minimum absolute atomic E-state index is 0.137. The molecule has 0 aromatic heterocycles. The van der Waals surface area contributed by atoms with Crippen LogP contribution in [0.1, 0.15) is 15.9 Å². The van der Waals surface area contributed by atoms with E-state index in [1.54, 1.807) is 19.1 Å². The van der Waals surface area contributed by atoms with Crippen LogP contribution < -0.4 is 4.74 Å². The van der Waals surface area contributed by atoms with Crippen LogP contribution in [0.3, 0.4) is 0 Å². The first-order valence-corrected chi connectivity index (χ1v) is 5.70. The van der Waals surface area contributed by atoms with Crippen LogP contribution in [0.2, 0.25) is 0 Å². The summed E-state index contributed by atoms with van der Waals surface area (Å²) in [6.07, 6.45) is 0. The zero-order valence-corrected chi connectivity index (χ0v) is 10.6. The van der Waals surface area contributed by atoms with Gasteiger partial charge in [-0.05, 0) is 48.4 Å². The van der Waals surface area contributed by atoms with Gasteiger partial charge in [0.15, 0.2) is 0 Å². The molecule has 0 aliphatic heterocycles. The zero-order valence-electron chi connectivity index (χ0n) is 10.6. The first-order valence-electron chi connectivity index (χ1n) is 5.70. The Morgan fingerprint density at radius 2 is 1.95 bits per heavy atom. The number of benzene rings is 2. The highest BCUT2D eigenvalue weighted by molar-refractivity contribution is 5.90. The summed E-state index contributed by atoms with van der Waals surface area (Å²) in [5, 5.41) is 9.01. The van der Waals surface area contributed by atoms with E-state index in [1.807, 2.05) is 0 Å². The van der Waals surface area contributed by atoms with Gasteiger partial charge in [-0.1, -0.05) is 6.07 Å². The van der Waals surface area contributed by atoms with Gasteiger partial charge in [0.05, 0.1) is 12.7 Å². The highest BCUT2D eigenvalue weighted by Crippen LogP contribution is 2.32. The van der Waals surface area contributed by atoms with E-state index < -0.39 is 5.97 Å². The first-order chi connectivity index (χ1) is 9.01. The second-order valence-corrected chi connectivity index (χ2v) is 4.24. The van der Waals surface area contributed by atoms with E-state index in [0.29, 0.717) is 16.9 Å². The van der Waals surface area contributed by atoms with Gasteiger partial charge in [0, 0.05) is 5.56 Å². The van der Waals surface area contributed by atoms with Crippen LogP contribution in [0.5, 0.6) is 5.75 Å². The van der Waals surface area contributed by atoms with Crippen molar-refractivity contribution >= 4 is 5.97 Å². The summed E-state index contributed by atoms with van der Waals surface area (Å²) in [6, 6.07) is 9.06. The number of carboxylic acids is 1. The summed E-state index contributed by atoms with van der Waals surface area (Å²) in [7, 11) is 1.49. The maximum Gasteiger partial charge on any atom is 0.335 e. The minimum atomic E-state index is -1.03. The standard InChI is InChI=1S/C15H13FO3/c1-9-5-11(7-12(16)6-9)13-8-10(15(17)18)3-4-14(13)19-2/h3-8H,1-2H3,(H,17,18). The number of aromatic carboxylic acids is 1. The normalized spacial score (nSPS) is 10.3. The maximum atomic E-state index is 13.5. The number of ether oxygens (including phenoxy) is 1. The Hall–Kier alpha value is -2.36. The van der Waals surface area contributed by atoms with Crippen LogP contribution in [0, 0.1) is 12.7 Å². The third kappa shape index (κ3) is 2.73. The summed E-state index contributed by atoms with van der Waals surface area (Å²) >= 11 is 0. The van der Waals surface area contributed by atoms with Crippen molar-refractivity contribution in [3.8, 4) is 16.9 Å². The molecule has 0 radical (unpaired) electrons. The quantitative estimate of drug-likeness (QED) is 0.918. The van der Waals surface area contributed by atoms with E-state index in [9.17, 15) is 9.18 Å². The second kappa shape index (κ2) is 5.10. The van der Waals surface area contributed by atoms with Gasteiger partial charge in [-0.3, -0.25) is 0 Å². The Morgan fingerprint density at radius 3 is 2.53 bits per heavy atom. The molecule has 98 valence electrons. The molecule has 2 aromatic carbocycles. The van der Waals surface area contributed by atoms with Crippen molar-refractivity contribution in [1.82, 2.24) is 0 Å². The Labute approximate surface area is 110 Å². The predicted octanol–water partition coefficient (Wildman–Crippen LogP) is 3.51. The van der Waals surface area contributed by atoms with Crippen LogP contribution in [0.25, 0.3) is 11.1 Å². The van der Waals surface area contributed by atoms with Crippen molar-refractivity contribution in [3.63, 3.8) is 0 Å². The van der Waals surface area contributed by atoms with Gasteiger partial charge in [0.25, 0.3) is 0 Å². The molecule has 0 spiro atoms. The average Bonchev–Trinajstić information content (AvgIpc) is 2.36. The molecule has 0 bridgehead atoms. The molecule has 2 rings (SSSR count). The molecule has 0 unspecified atom stereocenters. The molecule has 0 amide bonds. The molecule has 0 aliphatic carbocycles. The molecule has 0 fully saturated rings. The van der Waals surface area contributed by atoms with E-state index in [4.69, 9.17) is 9.84 Å². The lowest BCUT2D eigenvalue weighted by atomic mass is 10.00.